The summed E-state index contributed by atoms with van der Waals surface area (Å²) in [4.78, 5) is 25.8. The topological polar surface area (TPSA) is 69.6 Å². The monoisotopic (exact) mass is 380 g/mol. The van der Waals surface area contributed by atoms with Gasteiger partial charge < -0.3 is 19.4 Å². The van der Waals surface area contributed by atoms with Crippen LogP contribution >= 0.6 is 0 Å². The predicted octanol–water partition coefficient (Wildman–Crippen LogP) is 3.44. The number of carbonyl (C=O) groups is 1. The Hall–Kier alpha value is -3.28. The van der Waals surface area contributed by atoms with Gasteiger partial charge in [0.05, 0.1) is 30.7 Å². The van der Waals surface area contributed by atoms with Crippen LogP contribution in [0.2, 0.25) is 0 Å². The molecule has 1 aromatic heterocycles. The highest BCUT2D eigenvalue weighted by Crippen LogP contribution is 2.24. The fourth-order valence-electron chi connectivity index (χ4n) is 3.27. The van der Waals surface area contributed by atoms with E-state index in [0.717, 1.165) is 11.1 Å². The molecule has 1 N–H and O–H groups in total. The van der Waals surface area contributed by atoms with E-state index in [-0.39, 0.29) is 17.0 Å². The van der Waals surface area contributed by atoms with Gasteiger partial charge in [-0.25, -0.2) is 0 Å². The third kappa shape index (κ3) is 3.71. The van der Waals surface area contributed by atoms with Gasteiger partial charge in [0.15, 0.2) is 0 Å². The maximum absolute atomic E-state index is 13.0. The van der Waals surface area contributed by atoms with Gasteiger partial charge in [-0.05, 0) is 38.1 Å². The second-order valence-electron chi connectivity index (χ2n) is 6.53. The first-order chi connectivity index (χ1) is 13.5. The van der Waals surface area contributed by atoms with E-state index in [9.17, 15) is 9.59 Å². The SMILES string of the molecule is CCOc1ccc2c(c1)c(=O)c(C(=O)N[C@@H](C)c1ccccc1OC)cn2C. The van der Waals surface area contributed by atoms with Crippen molar-refractivity contribution < 1.29 is 14.3 Å². The number of aromatic nitrogens is 1. The highest BCUT2D eigenvalue weighted by atomic mass is 16.5. The van der Waals surface area contributed by atoms with E-state index >= 15 is 0 Å². The molecule has 2 aromatic carbocycles. The summed E-state index contributed by atoms with van der Waals surface area (Å²) >= 11 is 0. The molecule has 1 heterocycles. The zero-order valence-corrected chi connectivity index (χ0v) is 16.5. The van der Waals surface area contributed by atoms with E-state index in [1.165, 1.54) is 0 Å². The van der Waals surface area contributed by atoms with Gasteiger partial charge >= 0.3 is 0 Å². The molecule has 1 atom stereocenters. The van der Waals surface area contributed by atoms with Crippen LogP contribution in [0.25, 0.3) is 10.9 Å². The van der Waals surface area contributed by atoms with Crippen molar-refractivity contribution in [2.24, 2.45) is 7.05 Å². The number of carbonyl (C=O) groups excluding carboxylic acids is 1. The Morgan fingerprint density at radius 3 is 2.68 bits per heavy atom. The summed E-state index contributed by atoms with van der Waals surface area (Å²) in [6, 6.07) is 12.5. The number of hydrogen-bond donors (Lipinski definition) is 1. The van der Waals surface area contributed by atoms with Gasteiger partial charge in [0.1, 0.15) is 17.1 Å². The number of nitrogens with zero attached hydrogens (tertiary/aromatic N) is 1. The van der Waals surface area contributed by atoms with E-state index in [0.29, 0.717) is 23.5 Å². The molecule has 0 radical (unpaired) electrons. The van der Waals surface area contributed by atoms with Crippen molar-refractivity contribution in [3.63, 3.8) is 0 Å². The molecule has 0 aliphatic carbocycles. The molecule has 1 amide bonds. The minimum atomic E-state index is -0.428. The quantitative estimate of drug-likeness (QED) is 0.711. The number of methoxy groups -OCH3 is 1. The van der Waals surface area contributed by atoms with Gasteiger partial charge in [-0.1, -0.05) is 18.2 Å². The molecule has 146 valence electrons. The lowest BCUT2D eigenvalue weighted by atomic mass is 10.1. The summed E-state index contributed by atoms with van der Waals surface area (Å²) in [5.41, 5.74) is 1.35. The molecular weight excluding hydrogens is 356 g/mol. The number of amides is 1. The lowest BCUT2D eigenvalue weighted by Crippen LogP contribution is -2.31. The number of benzene rings is 2. The molecule has 3 rings (SSSR count). The smallest absolute Gasteiger partial charge is 0.257 e. The van der Waals surface area contributed by atoms with Crippen molar-refractivity contribution >= 4 is 16.8 Å². The number of fused-ring (bicyclic) bond motifs is 1. The van der Waals surface area contributed by atoms with E-state index in [2.05, 4.69) is 5.32 Å². The molecule has 0 saturated carbocycles. The largest absolute Gasteiger partial charge is 0.496 e. The summed E-state index contributed by atoms with van der Waals surface area (Å²) in [6.45, 7) is 4.24. The van der Waals surface area contributed by atoms with Crippen LogP contribution in [0.5, 0.6) is 11.5 Å². The van der Waals surface area contributed by atoms with Crippen LogP contribution < -0.4 is 20.2 Å². The number of aryl methyl sites for hydroxylation is 1. The second kappa shape index (κ2) is 8.17. The molecule has 0 fully saturated rings. The molecule has 0 aliphatic rings. The Morgan fingerprint density at radius 2 is 1.96 bits per heavy atom. The van der Waals surface area contributed by atoms with Gasteiger partial charge in [0.2, 0.25) is 5.43 Å². The van der Waals surface area contributed by atoms with E-state index < -0.39 is 5.91 Å². The molecule has 0 aliphatic heterocycles. The first-order valence-electron chi connectivity index (χ1n) is 9.16. The van der Waals surface area contributed by atoms with Crippen molar-refractivity contribution in [2.45, 2.75) is 19.9 Å². The Kier molecular flexibility index (Phi) is 5.68. The fourth-order valence-corrected chi connectivity index (χ4v) is 3.27. The average Bonchev–Trinajstić information content (AvgIpc) is 2.70. The molecule has 6 heteroatoms. The van der Waals surface area contributed by atoms with Crippen molar-refractivity contribution in [2.75, 3.05) is 13.7 Å². The van der Waals surface area contributed by atoms with Gasteiger partial charge in [-0.3, -0.25) is 9.59 Å². The van der Waals surface area contributed by atoms with Crippen LogP contribution in [0.4, 0.5) is 0 Å². The fraction of sp³-hybridized carbons (Fsp3) is 0.273. The van der Waals surface area contributed by atoms with Gasteiger partial charge in [-0.15, -0.1) is 0 Å². The number of rotatable bonds is 6. The minimum Gasteiger partial charge on any atom is -0.496 e. The predicted molar refractivity (Wildman–Crippen MR) is 109 cm³/mol. The van der Waals surface area contributed by atoms with Crippen molar-refractivity contribution in [3.8, 4) is 11.5 Å². The van der Waals surface area contributed by atoms with E-state index in [1.807, 2.05) is 57.3 Å². The molecular formula is C22H24N2O4. The van der Waals surface area contributed by atoms with Crippen LogP contribution in [0, 0.1) is 0 Å². The summed E-state index contributed by atoms with van der Waals surface area (Å²) in [7, 11) is 3.39. The van der Waals surface area contributed by atoms with Crippen LogP contribution in [0.3, 0.4) is 0 Å². The number of nitrogens with one attached hydrogen (secondary N) is 1. The van der Waals surface area contributed by atoms with Crippen LogP contribution in [-0.2, 0) is 7.05 Å². The number of ether oxygens (including phenoxy) is 2. The summed E-state index contributed by atoms with van der Waals surface area (Å²) in [6.07, 6.45) is 1.56. The molecule has 0 unspecified atom stereocenters. The van der Waals surface area contributed by atoms with Crippen LogP contribution in [0.1, 0.15) is 35.8 Å². The molecule has 0 saturated heterocycles. The Balaban J connectivity index is 1.97. The van der Waals surface area contributed by atoms with Crippen LogP contribution in [-0.4, -0.2) is 24.2 Å². The summed E-state index contributed by atoms with van der Waals surface area (Å²) in [5.74, 6) is 0.859. The van der Waals surface area contributed by atoms with E-state index in [1.54, 1.807) is 23.9 Å². The lowest BCUT2D eigenvalue weighted by molar-refractivity contribution is 0.0938. The summed E-state index contributed by atoms with van der Waals surface area (Å²) in [5, 5.41) is 3.35. The highest BCUT2D eigenvalue weighted by Gasteiger charge is 2.19. The number of para-hydroxylation sites is 1. The average molecular weight is 380 g/mol. The highest BCUT2D eigenvalue weighted by molar-refractivity contribution is 5.97. The third-order valence-electron chi connectivity index (χ3n) is 4.67. The second-order valence-corrected chi connectivity index (χ2v) is 6.53. The number of pyridine rings is 1. The van der Waals surface area contributed by atoms with Crippen molar-refractivity contribution in [3.05, 3.63) is 70.0 Å². The Bertz CT molecular complexity index is 1070. The molecule has 28 heavy (non-hydrogen) atoms. The first kappa shape index (κ1) is 19.5. The zero-order chi connectivity index (χ0) is 20.3. The van der Waals surface area contributed by atoms with Crippen molar-refractivity contribution in [1.29, 1.82) is 0 Å². The van der Waals surface area contributed by atoms with E-state index in [4.69, 9.17) is 9.47 Å². The van der Waals surface area contributed by atoms with Crippen LogP contribution in [0.15, 0.2) is 53.5 Å². The molecule has 0 bridgehead atoms. The third-order valence-corrected chi connectivity index (χ3v) is 4.67. The summed E-state index contributed by atoms with van der Waals surface area (Å²) < 4.78 is 12.6. The zero-order valence-electron chi connectivity index (χ0n) is 16.5. The Labute approximate surface area is 163 Å². The van der Waals surface area contributed by atoms with Gasteiger partial charge in [0, 0.05) is 18.8 Å². The Morgan fingerprint density at radius 1 is 1.21 bits per heavy atom. The maximum atomic E-state index is 13.0. The first-order valence-corrected chi connectivity index (χ1v) is 9.16. The minimum absolute atomic E-state index is 0.0883. The standard InChI is InChI=1S/C22H24N2O4/c1-5-28-15-10-11-19-17(12-15)21(25)18(13-24(19)3)22(26)23-14(2)16-8-6-7-9-20(16)27-4/h6-14H,5H2,1-4H3,(H,23,26)/t14-/m0/s1. The number of hydrogen-bond acceptors (Lipinski definition) is 4. The lowest BCUT2D eigenvalue weighted by Gasteiger charge is -2.18. The maximum Gasteiger partial charge on any atom is 0.257 e. The normalized spacial score (nSPS) is 11.9. The molecule has 0 spiro atoms. The molecule has 6 nitrogen and oxygen atoms in total. The van der Waals surface area contributed by atoms with Gasteiger partial charge in [0.25, 0.3) is 5.91 Å². The van der Waals surface area contributed by atoms with Gasteiger partial charge in [-0.2, -0.15) is 0 Å². The van der Waals surface area contributed by atoms with Crippen molar-refractivity contribution in [1.82, 2.24) is 9.88 Å². The molecule has 3 aromatic rings.